The predicted molar refractivity (Wildman–Crippen MR) is 83.3 cm³/mol. The molecule has 0 saturated carbocycles. The molecule has 7 nitrogen and oxygen atoms in total. The minimum atomic E-state index is -0.186. The molecule has 1 unspecified atom stereocenters. The largest absolute Gasteiger partial charge is 0.350 e. The van der Waals surface area contributed by atoms with Crippen molar-refractivity contribution >= 4 is 23.3 Å². The molecule has 1 fully saturated rings. The fourth-order valence-electron chi connectivity index (χ4n) is 2.30. The number of amides is 1. The van der Waals surface area contributed by atoms with Gasteiger partial charge >= 0.3 is 0 Å². The zero-order valence-corrected chi connectivity index (χ0v) is 13.0. The summed E-state index contributed by atoms with van der Waals surface area (Å²) in [5.41, 5.74) is 2.79. The molecule has 0 aromatic carbocycles. The fourth-order valence-corrected chi connectivity index (χ4v) is 2.52. The predicted octanol–water partition coefficient (Wildman–Crippen LogP) is -0.00380. The van der Waals surface area contributed by atoms with Crippen LogP contribution in [0, 0.1) is 0 Å². The molecule has 1 aliphatic heterocycles. The van der Waals surface area contributed by atoms with E-state index < -0.39 is 0 Å². The van der Waals surface area contributed by atoms with E-state index in [1.165, 1.54) is 6.20 Å². The van der Waals surface area contributed by atoms with Crippen molar-refractivity contribution in [2.24, 2.45) is 5.84 Å². The average molecular weight is 313 g/mol. The Hall–Kier alpha value is -1.41. The van der Waals surface area contributed by atoms with E-state index in [1.807, 2.05) is 0 Å². The van der Waals surface area contributed by atoms with Crippen LogP contribution >= 0.6 is 11.6 Å². The molecule has 116 valence electrons. The van der Waals surface area contributed by atoms with E-state index in [-0.39, 0.29) is 5.91 Å². The molecule has 2 rings (SSSR count). The summed E-state index contributed by atoms with van der Waals surface area (Å²) >= 11 is 5.96. The summed E-state index contributed by atoms with van der Waals surface area (Å²) in [6, 6.07) is 1.86. The van der Waals surface area contributed by atoms with Gasteiger partial charge in [-0.25, -0.2) is 10.8 Å². The molecule has 0 spiro atoms. The first-order valence-electron chi connectivity index (χ1n) is 6.80. The fraction of sp³-hybridized carbons (Fsp3) is 0.538. The molecule has 2 heterocycles. The molecule has 8 heteroatoms. The number of hydrogen-bond donors (Lipinski definition) is 3. The molecule has 21 heavy (non-hydrogen) atoms. The highest BCUT2D eigenvalue weighted by Crippen LogP contribution is 2.18. The number of aromatic nitrogens is 1. The smallest absolute Gasteiger partial charge is 0.252 e. The maximum absolute atomic E-state index is 12.1. The zero-order valence-electron chi connectivity index (χ0n) is 12.3. The quantitative estimate of drug-likeness (QED) is 0.536. The van der Waals surface area contributed by atoms with Crippen LogP contribution in [0.1, 0.15) is 10.4 Å². The van der Waals surface area contributed by atoms with Gasteiger partial charge in [-0.3, -0.25) is 9.69 Å². The van der Waals surface area contributed by atoms with Gasteiger partial charge in [0, 0.05) is 38.4 Å². The summed E-state index contributed by atoms with van der Waals surface area (Å²) in [5.74, 6) is 5.42. The second-order valence-electron chi connectivity index (χ2n) is 5.31. The number of nitrogens with zero attached hydrogens (tertiary/aromatic N) is 3. The lowest BCUT2D eigenvalue weighted by Gasteiger charge is -2.37. The number of halogens is 1. The Bertz CT molecular complexity index is 511. The highest BCUT2D eigenvalue weighted by atomic mass is 35.5. The summed E-state index contributed by atoms with van der Waals surface area (Å²) < 4.78 is 0. The van der Waals surface area contributed by atoms with Crippen LogP contribution in [-0.4, -0.2) is 67.0 Å². The second kappa shape index (κ2) is 7.04. The molecule has 1 saturated heterocycles. The van der Waals surface area contributed by atoms with E-state index in [9.17, 15) is 4.79 Å². The number of nitrogens with one attached hydrogen (secondary N) is 2. The number of piperazine rings is 1. The lowest BCUT2D eigenvalue weighted by molar-refractivity contribution is 0.0881. The molecule has 1 amide bonds. The maximum atomic E-state index is 12.1. The molecule has 0 aliphatic carbocycles. The molecule has 1 aromatic rings. The Morgan fingerprint density at radius 2 is 2.29 bits per heavy atom. The summed E-state index contributed by atoms with van der Waals surface area (Å²) in [7, 11) is 4.16. The number of carbonyl (C=O) groups excluding carboxylic acids is 1. The summed E-state index contributed by atoms with van der Waals surface area (Å²) in [4.78, 5) is 20.6. The van der Waals surface area contributed by atoms with Gasteiger partial charge in [0.2, 0.25) is 0 Å². The average Bonchev–Trinajstić information content (AvgIpc) is 2.47. The Labute approximate surface area is 129 Å². The molecule has 0 radical (unpaired) electrons. The topological polar surface area (TPSA) is 86.5 Å². The number of rotatable bonds is 4. The van der Waals surface area contributed by atoms with E-state index in [4.69, 9.17) is 17.4 Å². The normalized spacial score (nSPS) is 20.3. The lowest BCUT2D eigenvalue weighted by Crippen LogP contribution is -2.54. The van der Waals surface area contributed by atoms with Gasteiger partial charge in [-0.15, -0.1) is 0 Å². The third-order valence-electron chi connectivity index (χ3n) is 3.72. The van der Waals surface area contributed by atoms with Crippen molar-refractivity contribution < 1.29 is 4.79 Å². The number of carbonyl (C=O) groups is 1. The van der Waals surface area contributed by atoms with Crippen molar-refractivity contribution in [3.63, 3.8) is 0 Å². The van der Waals surface area contributed by atoms with Crippen LogP contribution in [0.2, 0.25) is 5.02 Å². The third-order valence-corrected chi connectivity index (χ3v) is 4.01. The molecule has 1 atom stereocenters. The summed E-state index contributed by atoms with van der Waals surface area (Å²) in [5, 5.41) is 3.25. The van der Waals surface area contributed by atoms with Gasteiger partial charge in [-0.2, -0.15) is 0 Å². The number of anilines is 1. The van der Waals surface area contributed by atoms with Gasteiger partial charge < -0.3 is 15.6 Å². The third kappa shape index (κ3) is 4.04. The van der Waals surface area contributed by atoms with Crippen molar-refractivity contribution in [2.45, 2.75) is 6.04 Å². The van der Waals surface area contributed by atoms with Gasteiger partial charge in [-0.05, 0) is 20.2 Å². The van der Waals surface area contributed by atoms with Gasteiger partial charge in [0.05, 0.1) is 10.6 Å². The lowest BCUT2D eigenvalue weighted by atomic mass is 10.2. The van der Waals surface area contributed by atoms with E-state index in [2.05, 4.69) is 39.6 Å². The minimum absolute atomic E-state index is 0.186. The first kappa shape index (κ1) is 16.0. The van der Waals surface area contributed by atoms with Gasteiger partial charge in [0.15, 0.2) is 5.82 Å². The molecular weight excluding hydrogens is 292 g/mol. The summed E-state index contributed by atoms with van der Waals surface area (Å²) in [6.07, 6.45) is 1.45. The molecule has 1 aromatic heterocycles. The van der Waals surface area contributed by atoms with E-state index in [0.717, 1.165) is 19.6 Å². The van der Waals surface area contributed by atoms with E-state index >= 15 is 0 Å². The van der Waals surface area contributed by atoms with Crippen molar-refractivity contribution in [1.82, 2.24) is 20.1 Å². The van der Waals surface area contributed by atoms with Crippen LogP contribution in [0.5, 0.6) is 0 Å². The molecule has 1 aliphatic rings. The Morgan fingerprint density at radius 3 is 2.95 bits per heavy atom. The first-order valence-corrected chi connectivity index (χ1v) is 7.18. The van der Waals surface area contributed by atoms with Crippen LogP contribution in [0.4, 0.5) is 5.82 Å². The van der Waals surface area contributed by atoms with Crippen molar-refractivity contribution in [3.8, 4) is 0 Å². The highest BCUT2D eigenvalue weighted by molar-refractivity contribution is 6.33. The number of nitrogens with two attached hydrogens (primary N) is 1. The van der Waals surface area contributed by atoms with E-state index in [1.54, 1.807) is 6.07 Å². The minimum Gasteiger partial charge on any atom is -0.350 e. The highest BCUT2D eigenvalue weighted by Gasteiger charge is 2.22. The number of hydrazine groups is 1. The zero-order chi connectivity index (χ0) is 15.4. The van der Waals surface area contributed by atoms with Crippen molar-refractivity contribution in [1.29, 1.82) is 0 Å². The monoisotopic (exact) mass is 312 g/mol. The van der Waals surface area contributed by atoms with Crippen molar-refractivity contribution in [2.75, 3.05) is 45.7 Å². The Morgan fingerprint density at radius 1 is 1.52 bits per heavy atom. The molecule has 0 bridgehead atoms. The van der Waals surface area contributed by atoms with E-state index in [0.29, 0.717) is 29.0 Å². The van der Waals surface area contributed by atoms with Gasteiger partial charge in [-0.1, -0.05) is 11.6 Å². The number of hydrogen-bond acceptors (Lipinski definition) is 6. The second-order valence-corrected chi connectivity index (χ2v) is 5.71. The van der Waals surface area contributed by atoms with Crippen LogP contribution < -0.4 is 16.6 Å². The molecule has 4 N–H and O–H groups in total. The van der Waals surface area contributed by atoms with Crippen LogP contribution in [0.25, 0.3) is 0 Å². The SMILES string of the molecule is CN1CCN(C)C(CNC(=O)c2cnc(NN)c(Cl)c2)C1. The standard InChI is InChI=1S/C13H21ClN6O/c1-19-3-4-20(2)10(8-19)7-17-13(21)9-5-11(14)12(18-15)16-6-9/h5-6,10H,3-4,7-8,15H2,1-2H3,(H,16,18)(H,17,21). The first-order chi connectivity index (χ1) is 10.0. The van der Waals surface area contributed by atoms with Gasteiger partial charge in [0.1, 0.15) is 0 Å². The number of nitrogen functional groups attached to an aromatic ring is 1. The van der Waals surface area contributed by atoms with Gasteiger partial charge in [0.25, 0.3) is 5.91 Å². The molecular formula is C13H21ClN6O. The van der Waals surface area contributed by atoms with Crippen molar-refractivity contribution in [3.05, 3.63) is 22.8 Å². The van der Waals surface area contributed by atoms with Crippen LogP contribution in [-0.2, 0) is 0 Å². The number of pyridine rings is 1. The van der Waals surface area contributed by atoms with Crippen LogP contribution in [0.15, 0.2) is 12.3 Å². The summed E-state index contributed by atoms with van der Waals surface area (Å²) in [6.45, 7) is 3.58. The Kier molecular flexibility index (Phi) is 5.35. The number of likely N-dealkylation sites (N-methyl/N-ethyl adjacent to an activating group) is 2. The van der Waals surface area contributed by atoms with Crippen LogP contribution in [0.3, 0.4) is 0 Å². The maximum Gasteiger partial charge on any atom is 0.252 e. The Balaban J connectivity index is 1.93.